The first-order valence-electron chi connectivity index (χ1n) is 7.76. The number of ether oxygens (including phenoxy) is 1. The fourth-order valence-electron chi connectivity index (χ4n) is 3.36. The lowest BCUT2D eigenvalue weighted by molar-refractivity contribution is -0.129. The van der Waals surface area contributed by atoms with Crippen LogP contribution in [0.1, 0.15) is 18.2 Å². The Kier molecular flexibility index (Phi) is 4.70. The van der Waals surface area contributed by atoms with Gasteiger partial charge in [-0.15, -0.1) is 0 Å². The van der Waals surface area contributed by atoms with E-state index in [2.05, 4.69) is 17.0 Å². The van der Waals surface area contributed by atoms with Crippen molar-refractivity contribution in [2.45, 2.75) is 26.3 Å². The van der Waals surface area contributed by atoms with Crippen LogP contribution in [0.4, 0.5) is 0 Å². The molecule has 3 heterocycles. The lowest BCUT2D eigenvalue weighted by atomic mass is 10.0. The summed E-state index contributed by atoms with van der Waals surface area (Å²) in [5.74, 6) is 0.567. The fourth-order valence-corrected chi connectivity index (χ4v) is 3.60. The fraction of sp³-hybridized carbons (Fsp3) is 0.733. The van der Waals surface area contributed by atoms with Gasteiger partial charge in [0.1, 0.15) is 0 Å². The van der Waals surface area contributed by atoms with Gasteiger partial charge in [0.2, 0.25) is 11.1 Å². The second-order valence-corrected chi connectivity index (χ2v) is 6.53. The normalized spacial score (nSPS) is 26.6. The van der Waals surface area contributed by atoms with Crippen LogP contribution in [0.2, 0.25) is 5.22 Å². The highest BCUT2D eigenvalue weighted by Crippen LogP contribution is 2.25. The molecule has 1 aromatic heterocycles. The van der Waals surface area contributed by atoms with Gasteiger partial charge in [-0.2, -0.15) is 0 Å². The summed E-state index contributed by atoms with van der Waals surface area (Å²) in [6.45, 7) is 9.07. The Morgan fingerprint density at radius 3 is 2.73 bits per heavy atom. The molecular weight excluding hydrogens is 306 g/mol. The number of hydrogen-bond acceptors (Lipinski definition) is 5. The first-order valence-corrected chi connectivity index (χ1v) is 8.14. The molecule has 0 aliphatic carbocycles. The minimum absolute atomic E-state index is 0.0933. The van der Waals surface area contributed by atoms with Gasteiger partial charge >= 0.3 is 0 Å². The zero-order chi connectivity index (χ0) is 15.7. The molecule has 1 amide bonds. The van der Waals surface area contributed by atoms with E-state index in [4.69, 9.17) is 20.9 Å². The molecule has 122 valence electrons. The van der Waals surface area contributed by atoms with E-state index >= 15 is 0 Å². The van der Waals surface area contributed by atoms with Gasteiger partial charge in [0, 0.05) is 37.8 Å². The van der Waals surface area contributed by atoms with Crippen molar-refractivity contribution in [2.24, 2.45) is 5.92 Å². The maximum absolute atomic E-state index is 12.5. The zero-order valence-corrected chi connectivity index (χ0v) is 13.8. The van der Waals surface area contributed by atoms with Crippen LogP contribution in [-0.2, 0) is 16.0 Å². The smallest absolute Gasteiger partial charge is 0.229 e. The Balaban J connectivity index is 1.62. The van der Waals surface area contributed by atoms with E-state index in [1.165, 1.54) is 0 Å². The van der Waals surface area contributed by atoms with Gasteiger partial charge < -0.3 is 14.2 Å². The van der Waals surface area contributed by atoms with E-state index in [1.54, 1.807) is 6.92 Å². The number of carbonyl (C=O) groups excluding carboxylic acids is 1. The van der Waals surface area contributed by atoms with Gasteiger partial charge in [-0.25, -0.2) is 0 Å². The molecule has 1 aromatic rings. The number of aryl methyl sites for hydroxylation is 1. The molecule has 0 spiro atoms. The minimum Gasteiger partial charge on any atom is -0.379 e. The van der Waals surface area contributed by atoms with E-state index < -0.39 is 0 Å². The lowest BCUT2D eigenvalue weighted by Crippen LogP contribution is -2.47. The van der Waals surface area contributed by atoms with Gasteiger partial charge in [0.15, 0.2) is 0 Å². The number of amides is 1. The molecule has 7 heteroatoms. The molecule has 2 aliphatic heterocycles. The molecule has 2 fully saturated rings. The summed E-state index contributed by atoms with van der Waals surface area (Å²) < 4.78 is 10.3. The van der Waals surface area contributed by atoms with Crippen molar-refractivity contribution in [1.29, 1.82) is 0 Å². The van der Waals surface area contributed by atoms with Crippen LogP contribution in [0.25, 0.3) is 0 Å². The van der Waals surface area contributed by atoms with Crippen molar-refractivity contribution in [1.82, 2.24) is 15.0 Å². The highest BCUT2D eigenvalue weighted by molar-refractivity contribution is 6.29. The van der Waals surface area contributed by atoms with Crippen LogP contribution >= 0.6 is 11.6 Å². The number of rotatable bonds is 3. The second-order valence-electron chi connectivity index (χ2n) is 6.19. The lowest BCUT2D eigenvalue weighted by Gasteiger charge is -2.33. The Labute approximate surface area is 135 Å². The standard InChI is InChI=1S/C15H22ClN3O3/c1-10-8-19(9-13(10)18-3-5-21-6-4-18)14(20)7-12-11(2)17-22-15(12)16/h10,13H,3-9H2,1-2H3/t10-,13+/m0/s1. The predicted molar refractivity (Wildman–Crippen MR) is 81.9 cm³/mol. The number of nitrogens with zero attached hydrogens (tertiary/aromatic N) is 3. The average Bonchev–Trinajstić information content (AvgIpc) is 3.05. The van der Waals surface area contributed by atoms with E-state index in [9.17, 15) is 4.79 Å². The monoisotopic (exact) mass is 327 g/mol. The quantitative estimate of drug-likeness (QED) is 0.839. The van der Waals surface area contributed by atoms with Crippen LogP contribution in [0.15, 0.2) is 4.52 Å². The molecule has 0 bridgehead atoms. The molecule has 2 atom stereocenters. The van der Waals surface area contributed by atoms with Crippen molar-refractivity contribution in [3.05, 3.63) is 16.5 Å². The predicted octanol–water partition coefficient (Wildman–Crippen LogP) is 1.36. The summed E-state index contributed by atoms with van der Waals surface area (Å²) in [6, 6.07) is 0.423. The Morgan fingerprint density at radius 2 is 2.09 bits per heavy atom. The Hall–Kier alpha value is -1.11. The van der Waals surface area contributed by atoms with E-state index in [0.29, 0.717) is 23.2 Å². The largest absolute Gasteiger partial charge is 0.379 e. The van der Waals surface area contributed by atoms with Crippen LogP contribution in [0.3, 0.4) is 0 Å². The summed E-state index contributed by atoms with van der Waals surface area (Å²) in [4.78, 5) is 16.9. The van der Waals surface area contributed by atoms with Crippen molar-refractivity contribution in [2.75, 3.05) is 39.4 Å². The first-order chi connectivity index (χ1) is 10.6. The topological polar surface area (TPSA) is 58.8 Å². The molecule has 0 saturated carbocycles. The van der Waals surface area contributed by atoms with Gasteiger partial charge in [0.25, 0.3) is 0 Å². The highest BCUT2D eigenvalue weighted by atomic mass is 35.5. The molecule has 0 radical (unpaired) electrons. The van der Waals surface area contributed by atoms with Crippen molar-refractivity contribution < 1.29 is 14.1 Å². The van der Waals surface area contributed by atoms with Gasteiger partial charge in [-0.3, -0.25) is 9.69 Å². The molecule has 2 aliphatic rings. The summed E-state index contributed by atoms with van der Waals surface area (Å²) in [6.07, 6.45) is 0.261. The summed E-state index contributed by atoms with van der Waals surface area (Å²) >= 11 is 5.95. The van der Waals surface area contributed by atoms with Crippen LogP contribution in [0, 0.1) is 12.8 Å². The van der Waals surface area contributed by atoms with E-state index in [1.807, 2.05) is 4.90 Å². The molecule has 0 aromatic carbocycles. The van der Waals surface area contributed by atoms with Crippen LogP contribution in [0.5, 0.6) is 0 Å². The molecule has 0 N–H and O–H groups in total. The number of hydrogen-bond donors (Lipinski definition) is 0. The highest BCUT2D eigenvalue weighted by Gasteiger charge is 2.36. The molecule has 0 unspecified atom stereocenters. The maximum atomic E-state index is 12.5. The van der Waals surface area contributed by atoms with Crippen LogP contribution in [-0.4, -0.2) is 66.3 Å². The van der Waals surface area contributed by atoms with Gasteiger partial charge in [-0.05, 0) is 24.4 Å². The minimum atomic E-state index is 0.0933. The molecular formula is C15H22ClN3O3. The first kappa shape index (κ1) is 15.8. The number of carbonyl (C=O) groups is 1. The average molecular weight is 328 g/mol. The number of likely N-dealkylation sites (tertiary alicyclic amines) is 1. The third-order valence-electron chi connectivity index (χ3n) is 4.70. The SMILES string of the molecule is Cc1noc(Cl)c1CC(=O)N1C[C@@H](N2CCOCC2)[C@@H](C)C1. The third kappa shape index (κ3) is 3.14. The summed E-state index contributed by atoms with van der Waals surface area (Å²) in [5, 5.41) is 4.02. The second kappa shape index (κ2) is 6.56. The summed E-state index contributed by atoms with van der Waals surface area (Å²) in [7, 11) is 0. The van der Waals surface area contributed by atoms with Crippen molar-refractivity contribution in [3.63, 3.8) is 0 Å². The van der Waals surface area contributed by atoms with Crippen molar-refractivity contribution >= 4 is 17.5 Å². The van der Waals surface area contributed by atoms with Crippen LogP contribution < -0.4 is 0 Å². The van der Waals surface area contributed by atoms with Gasteiger partial charge in [-0.1, -0.05) is 12.1 Å². The number of halogens is 1. The zero-order valence-electron chi connectivity index (χ0n) is 13.0. The molecule has 6 nitrogen and oxygen atoms in total. The number of aromatic nitrogens is 1. The van der Waals surface area contributed by atoms with E-state index in [0.717, 1.165) is 39.4 Å². The Bertz CT molecular complexity index is 523. The third-order valence-corrected chi connectivity index (χ3v) is 5.00. The number of morpholine rings is 1. The molecule has 2 saturated heterocycles. The molecule has 22 heavy (non-hydrogen) atoms. The van der Waals surface area contributed by atoms with Gasteiger partial charge in [0.05, 0.1) is 25.3 Å². The maximum Gasteiger partial charge on any atom is 0.229 e. The van der Waals surface area contributed by atoms with Crippen molar-refractivity contribution in [3.8, 4) is 0 Å². The molecule has 3 rings (SSSR count). The summed E-state index contributed by atoms with van der Waals surface area (Å²) in [5.41, 5.74) is 1.39. The Morgan fingerprint density at radius 1 is 1.36 bits per heavy atom. The van der Waals surface area contributed by atoms with E-state index in [-0.39, 0.29) is 17.5 Å².